The van der Waals surface area contributed by atoms with E-state index >= 15 is 0 Å². The fourth-order valence-electron chi connectivity index (χ4n) is 1.17. The Bertz CT molecular complexity index is 333. The number of alkyl halides is 3. The minimum absolute atomic E-state index is 0.0168. The van der Waals surface area contributed by atoms with Gasteiger partial charge in [0.2, 0.25) is 0 Å². The molecule has 3 nitrogen and oxygen atoms in total. The van der Waals surface area contributed by atoms with Crippen LogP contribution in [0, 0.1) is 0 Å². The second kappa shape index (κ2) is 4.52. The summed E-state index contributed by atoms with van der Waals surface area (Å²) < 4.78 is 25.0. The number of anilines is 1. The third-order valence-electron chi connectivity index (χ3n) is 1.87. The first-order chi connectivity index (χ1) is 6.61. The Kier molecular flexibility index (Phi) is 3.60. The second-order valence-corrected chi connectivity index (χ2v) is 2.92. The predicted octanol–water partition coefficient (Wildman–Crippen LogP) is 1.83. The van der Waals surface area contributed by atoms with E-state index in [1.165, 1.54) is 6.20 Å². The Labute approximate surface area is 84.5 Å². The lowest BCUT2D eigenvalue weighted by Crippen LogP contribution is -2.06. The van der Waals surface area contributed by atoms with Gasteiger partial charge in [-0.1, -0.05) is 0 Å². The van der Waals surface area contributed by atoms with Crippen molar-refractivity contribution in [3.63, 3.8) is 0 Å². The lowest BCUT2D eigenvalue weighted by atomic mass is 10.1. The van der Waals surface area contributed by atoms with E-state index in [1.54, 1.807) is 0 Å². The molecule has 1 aromatic rings. The van der Waals surface area contributed by atoms with Crippen LogP contribution in [0.5, 0.6) is 0 Å². The van der Waals surface area contributed by atoms with Crippen LogP contribution in [-0.2, 0) is 12.5 Å². The number of halogens is 3. The fourth-order valence-corrected chi connectivity index (χ4v) is 1.40. The van der Waals surface area contributed by atoms with Crippen LogP contribution >= 0.6 is 11.6 Å². The van der Waals surface area contributed by atoms with Crippen LogP contribution in [0.25, 0.3) is 0 Å². The van der Waals surface area contributed by atoms with Gasteiger partial charge >= 0.3 is 0 Å². The number of hydrogen-bond donors (Lipinski definition) is 2. The lowest BCUT2D eigenvalue weighted by molar-refractivity contribution is 0.147. The van der Waals surface area contributed by atoms with Gasteiger partial charge in [0.05, 0.1) is 12.2 Å². The van der Waals surface area contributed by atoms with Crippen molar-refractivity contribution in [2.45, 2.75) is 18.9 Å². The normalized spacial score (nSPS) is 10.9. The highest BCUT2D eigenvalue weighted by atomic mass is 35.5. The van der Waals surface area contributed by atoms with Gasteiger partial charge in [0.1, 0.15) is 5.82 Å². The highest BCUT2D eigenvalue weighted by Crippen LogP contribution is 2.29. The van der Waals surface area contributed by atoms with Crippen molar-refractivity contribution in [1.29, 1.82) is 0 Å². The minimum atomic E-state index is -2.76. The van der Waals surface area contributed by atoms with E-state index in [9.17, 15) is 8.78 Å². The number of pyridine rings is 1. The highest BCUT2D eigenvalue weighted by Gasteiger charge is 2.19. The summed E-state index contributed by atoms with van der Waals surface area (Å²) >= 11 is 5.50. The number of rotatable bonds is 3. The molecule has 78 valence electrons. The summed E-state index contributed by atoms with van der Waals surface area (Å²) in [6, 6.07) is 0. The molecular weight excluding hydrogens is 214 g/mol. The Hall–Kier alpha value is -0.940. The maximum Gasteiger partial charge on any atom is 0.267 e. The van der Waals surface area contributed by atoms with Gasteiger partial charge in [-0.2, -0.15) is 0 Å². The van der Waals surface area contributed by atoms with Crippen molar-refractivity contribution in [2.75, 3.05) is 5.73 Å². The lowest BCUT2D eigenvalue weighted by Gasteiger charge is -2.12. The van der Waals surface area contributed by atoms with E-state index in [0.717, 1.165) is 0 Å². The molecule has 0 bridgehead atoms. The van der Waals surface area contributed by atoms with Crippen LogP contribution in [0.3, 0.4) is 0 Å². The molecule has 14 heavy (non-hydrogen) atoms. The molecule has 1 rings (SSSR count). The van der Waals surface area contributed by atoms with Crippen LogP contribution in [0.2, 0.25) is 0 Å². The van der Waals surface area contributed by atoms with Crippen LogP contribution in [0.15, 0.2) is 6.20 Å². The van der Waals surface area contributed by atoms with Crippen molar-refractivity contribution < 1.29 is 13.9 Å². The van der Waals surface area contributed by atoms with Crippen molar-refractivity contribution in [3.05, 3.63) is 22.9 Å². The molecule has 0 saturated carbocycles. The molecule has 0 fully saturated rings. The van der Waals surface area contributed by atoms with Gasteiger partial charge in [-0.25, -0.2) is 13.8 Å². The maximum absolute atomic E-state index is 12.5. The molecule has 0 radical (unpaired) electrons. The van der Waals surface area contributed by atoms with E-state index in [0.29, 0.717) is 5.56 Å². The zero-order valence-electron chi connectivity index (χ0n) is 7.17. The third-order valence-corrected chi connectivity index (χ3v) is 2.16. The Morgan fingerprint density at radius 3 is 2.64 bits per heavy atom. The molecule has 0 aromatic carbocycles. The molecule has 3 N–H and O–H groups in total. The monoisotopic (exact) mass is 222 g/mol. The van der Waals surface area contributed by atoms with Crippen LogP contribution in [0.4, 0.5) is 14.6 Å². The number of aliphatic hydroxyl groups is 1. The zero-order valence-corrected chi connectivity index (χ0v) is 7.93. The number of aliphatic hydroxyl groups excluding tert-OH is 1. The Morgan fingerprint density at radius 2 is 2.21 bits per heavy atom. The molecule has 0 aliphatic carbocycles. The molecule has 0 aliphatic heterocycles. The molecule has 1 aromatic heterocycles. The summed E-state index contributed by atoms with van der Waals surface area (Å²) in [7, 11) is 0. The van der Waals surface area contributed by atoms with Crippen molar-refractivity contribution >= 4 is 17.4 Å². The Balaban J connectivity index is 3.35. The summed E-state index contributed by atoms with van der Waals surface area (Å²) in [6.45, 7) is -0.519. The van der Waals surface area contributed by atoms with Gasteiger partial charge in [0.15, 0.2) is 0 Å². The molecule has 0 spiro atoms. The SMILES string of the molecule is Nc1ncc(CCl)c(CO)c1C(F)F. The van der Waals surface area contributed by atoms with E-state index < -0.39 is 18.6 Å². The van der Waals surface area contributed by atoms with Crippen LogP contribution in [0.1, 0.15) is 23.1 Å². The number of nitrogens with zero attached hydrogens (tertiary/aromatic N) is 1. The summed E-state index contributed by atoms with van der Waals surface area (Å²) in [5.74, 6) is -0.249. The quantitative estimate of drug-likeness (QED) is 0.768. The summed E-state index contributed by atoms with van der Waals surface area (Å²) in [5.41, 5.74) is 5.30. The molecule has 0 atom stereocenters. The van der Waals surface area contributed by atoms with Crippen molar-refractivity contribution in [1.82, 2.24) is 4.98 Å². The summed E-state index contributed by atoms with van der Waals surface area (Å²) in [4.78, 5) is 3.58. The van der Waals surface area contributed by atoms with E-state index in [4.69, 9.17) is 22.4 Å². The van der Waals surface area contributed by atoms with Gasteiger partial charge in [-0.3, -0.25) is 0 Å². The second-order valence-electron chi connectivity index (χ2n) is 2.65. The average Bonchev–Trinajstić information content (AvgIpc) is 2.16. The number of nitrogens with two attached hydrogens (primary N) is 1. The fraction of sp³-hybridized carbons (Fsp3) is 0.375. The van der Waals surface area contributed by atoms with Crippen LogP contribution < -0.4 is 5.73 Å². The smallest absolute Gasteiger partial charge is 0.267 e. The highest BCUT2D eigenvalue weighted by molar-refractivity contribution is 6.17. The molecule has 0 aliphatic rings. The minimum Gasteiger partial charge on any atom is -0.392 e. The van der Waals surface area contributed by atoms with E-state index in [-0.39, 0.29) is 17.3 Å². The maximum atomic E-state index is 12.5. The van der Waals surface area contributed by atoms with Gasteiger partial charge in [-0.05, 0) is 11.1 Å². The van der Waals surface area contributed by atoms with Crippen molar-refractivity contribution in [3.8, 4) is 0 Å². The molecule has 0 unspecified atom stereocenters. The molecule has 0 amide bonds. The topological polar surface area (TPSA) is 59.1 Å². The molecular formula is C8H9ClF2N2O. The van der Waals surface area contributed by atoms with Gasteiger partial charge in [0, 0.05) is 12.1 Å². The first-order valence-electron chi connectivity index (χ1n) is 3.82. The average molecular weight is 223 g/mol. The van der Waals surface area contributed by atoms with E-state index in [1.807, 2.05) is 0 Å². The number of aromatic nitrogens is 1. The number of nitrogen functional groups attached to an aromatic ring is 1. The third kappa shape index (κ3) is 1.93. The zero-order chi connectivity index (χ0) is 10.7. The standard InChI is InChI=1S/C8H9ClF2N2O/c9-1-4-2-13-8(12)6(7(10)11)5(4)3-14/h2,7,14H,1,3H2,(H2,12,13). The van der Waals surface area contributed by atoms with Gasteiger partial charge in [0.25, 0.3) is 6.43 Å². The van der Waals surface area contributed by atoms with E-state index in [2.05, 4.69) is 4.98 Å². The largest absolute Gasteiger partial charge is 0.392 e. The van der Waals surface area contributed by atoms with Gasteiger partial charge in [-0.15, -0.1) is 11.6 Å². The first kappa shape index (κ1) is 11.1. The molecule has 6 heteroatoms. The Morgan fingerprint density at radius 1 is 1.57 bits per heavy atom. The van der Waals surface area contributed by atoms with Gasteiger partial charge < -0.3 is 10.8 Å². The summed E-state index contributed by atoms with van der Waals surface area (Å²) in [5, 5.41) is 8.93. The first-order valence-corrected chi connectivity index (χ1v) is 4.36. The molecule has 0 saturated heterocycles. The predicted molar refractivity (Wildman–Crippen MR) is 49.1 cm³/mol. The van der Waals surface area contributed by atoms with Crippen LogP contribution in [-0.4, -0.2) is 10.1 Å². The summed E-state index contributed by atoms with van der Waals surface area (Å²) in [6.07, 6.45) is -1.47. The number of hydrogen-bond acceptors (Lipinski definition) is 3. The van der Waals surface area contributed by atoms with Crippen molar-refractivity contribution in [2.24, 2.45) is 0 Å². The molecule has 1 heterocycles.